The van der Waals surface area contributed by atoms with Crippen LogP contribution in [0.4, 0.5) is 11.6 Å². The zero-order chi connectivity index (χ0) is 18.7. The van der Waals surface area contributed by atoms with Gasteiger partial charge in [-0.15, -0.1) is 0 Å². The molecule has 0 fully saturated rings. The molecular weight excluding hydrogens is 354 g/mol. The molecule has 0 spiro atoms. The van der Waals surface area contributed by atoms with Crippen molar-refractivity contribution in [3.63, 3.8) is 0 Å². The second-order valence-corrected chi connectivity index (χ2v) is 7.41. The molecule has 136 valence electrons. The Morgan fingerprint density at radius 1 is 1.15 bits per heavy atom. The van der Waals surface area contributed by atoms with Gasteiger partial charge in [0.15, 0.2) is 0 Å². The Balaban J connectivity index is 1.94. The lowest BCUT2D eigenvalue weighted by atomic mass is 10.3. The average molecular weight is 373 g/mol. The summed E-state index contributed by atoms with van der Waals surface area (Å²) in [7, 11) is -3.74. The molecule has 0 aliphatic heterocycles. The lowest BCUT2D eigenvalue weighted by molar-refractivity contribution is 0.598. The van der Waals surface area contributed by atoms with Gasteiger partial charge in [0.05, 0.1) is 4.90 Å². The summed E-state index contributed by atoms with van der Waals surface area (Å²) in [5, 5.41) is 8.87. The number of aryl methyl sites for hydroxylation is 1. The van der Waals surface area contributed by atoms with Crippen molar-refractivity contribution in [2.45, 2.75) is 31.2 Å². The van der Waals surface area contributed by atoms with Crippen LogP contribution in [0.5, 0.6) is 0 Å². The number of sulfonamides is 1. The van der Waals surface area contributed by atoms with Crippen molar-refractivity contribution in [2.75, 3.05) is 5.32 Å². The Hall–Kier alpha value is -2.78. The minimum absolute atomic E-state index is 0.0240. The third-order valence-corrected chi connectivity index (χ3v) is 4.83. The molecule has 0 aliphatic rings. The largest absolute Gasteiger partial charge is 0.324 e. The van der Waals surface area contributed by atoms with E-state index < -0.39 is 10.0 Å². The molecule has 2 heterocycles. The van der Waals surface area contributed by atoms with Crippen LogP contribution < -0.4 is 16.0 Å². The second-order valence-electron chi connectivity index (χ2n) is 5.84. The van der Waals surface area contributed by atoms with Crippen LogP contribution in [-0.4, -0.2) is 23.0 Å². The number of nitrogens with zero attached hydrogens (tertiary/aromatic N) is 3. The van der Waals surface area contributed by atoms with Gasteiger partial charge in [0.2, 0.25) is 16.0 Å². The summed E-state index contributed by atoms with van der Waals surface area (Å²) in [6, 6.07) is 9.15. The van der Waals surface area contributed by atoms with Gasteiger partial charge < -0.3 is 5.32 Å². The van der Waals surface area contributed by atoms with Gasteiger partial charge in [-0.1, -0.05) is 13.3 Å². The normalized spacial score (nSPS) is 11.6. The average Bonchev–Trinajstić information content (AvgIpc) is 2.60. The summed E-state index contributed by atoms with van der Waals surface area (Å²) >= 11 is 0. The summed E-state index contributed by atoms with van der Waals surface area (Å²) in [5.41, 5.74) is 1.06. The molecule has 26 heavy (non-hydrogen) atoms. The molecule has 3 rings (SSSR count). The number of rotatable bonds is 6. The molecule has 0 bridgehead atoms. The Bertz CT molecular complexity index is 1090. The van der Waals surface area contributed by atoms with E-state index in [2.05, 4.69) is 22.2 Å². The first-order valence-corrected chi connectivity index (χ1v) is 9.69. The molecule has 0 atom stereocenters. The van der Waals surface area contributed by atoms with E-state index in [0.29, 0.717) is 23.8 Å². The van der Waals surface area contributed by atoms with E-state index in [-0.39, 0.29) is 10.5 Å². The Labute approximate surface area is 150 Å². The molecule has 9 heteroatoms. The number of nitrogens with two attached hydrogens (primary N) is 1. The van der Waals surface area contributed by atoms with Gasteiger partial charge in [0.1, 0.15) is 5.65 Å². The van der Waals surface area contributed by atoms with Crippen LogP contribution in [0.25, 0.3) is 11.0 Å². The molecule has 0 aliphatic carbocycles. The van der Waals surface area contributed by atoms with Gasteiger partial charge in [0, 0.05) is 29.9 Å². The fourth-order valence-corrected chi connectivity index (χ4v) is 3.04. The van der Waals surface area contributed by atoms with Crippen molar-refractivity contribution in [3.8, 4) is 0 Å². The minimum Gasteiger partial charge on any atom is -0.324 e. The number of unbranched alkanes of at least 4 members (excludes halogenated alkanes) is 1. The van der Waals surface area contributed by atoms with E-state index in [9.17, 15) is 13.2 Å². The van der Waals surface area contributed by atoms with Crippen molar-refractivity contribution in [3.05, 3.63) is 52.9 Å². The Morgan fingerprint density at radius 3 is 2.54 bits per heavy atom. The number of pyridine rings is 1. The van der Waals surface area contributed by atoms with E-state index >= 15 is 0 Å². The van der Waals surface area contributed by atoms with Crippen LogP contribution in [0.3, 0.4) is 0 Å². The van der Waals surface area contributed by atoms with Crippen molar-refractivity contribution in [1.29, 1.82) is 0 Å². The molecule has 3 N–H and O–H groups in total. The van der Waals surface area contributed by atoms with E-state index in [1.54, 1.807) is 29.0 Å². The molecule has 0 radical (unpaired) electrons. The minimum atomic E-state index is -3.74. The molecule has 1 aromatic carbocycles. The molecule has 0 saturated carbocycles. The number of anilines is 2. The lowest BCUT2D eigenvalue weighted by Crippen LogP contribution is -2.20. The predicted octanol–water partition coefficient (Wildman–Crippen LogP) is 1.98. The highest BCUT2D eigenvalue weighted by Crippen LogP contribution is 2.18. The maximum Gasteiger partial charge on any atom is 0.252 e. The van der Waals surface area contributed by atoms with Crippen molar-refractivity contribution < 1.29 is 8.42 Å². The van der Waals surface area contributed by atoms with Crippen molar-refractivity contribution >= 4 is 32.7 Å². The lowest BCUT2D eigenvalue weighted by Gasteiger charge is -2.10. The zero-order valence-corrected chi connectivity index (χ0v) is 15.0. The Morgan fingerprint density at radius 2 is 1.88 bits per heavy atom. The van der Waals surface area contributed by atoms with Gasteiger partial charge in [-0.25, -0.2) is 18.5 Å². The topological polar surface area (TPSA) is 120 Å². The van der Waals surface area contributed by atoms with Gasteiger partial charge in [-0.05, 0) is 36.8 Å². The summed E-state index contributed by atoms with van der Waals surface area (Å²) in [4.78, 5) is 20.9. The van der Waals surface area contributed by atoms with E-state index in [1.165, 1.54) is 18.2 Å². The standard InChI is InChI=1S/C17H19N5O3S/c1-2-3-10-22-15(23)9-4-12-11-19-17(21-16(12)22)20-13-5-7-14(8-6-13)26(18,24)25/h4-9,11H,2-3,10H2,1H3,(H2,18,24,25)(H,19,20,21). The molecule has 0 amide bonds. The van der Waals surface area contributed by atoms with E-state index in [0.717, 1.165) is 18.2 Å². The summed E-state index contributed by atoms with van der Waals surface area (Å²) in [5.74, 6) is 0.316. The number of hydrogen-bond acceptors (Lipinski definition) is 6. The maximum absolute atomic E-state index is 12.2. The second kappa shape index (κ2) is 7.22. The molecule has 0 saturated heterocycles. The highest BCUT2D eigenvalue weighted by Gasteiger charge is 2.09. The summed E-state index contributed by atoms with van der Waals surface area (Å²) in [6.45, 7) is 2.65. The first-order valence-electron chi connectivity index (χ1n) is 8.15. The van der Waals surface area contributed by atoms with Crippen molar-refractivity contribution in [1.82, 2.24) is 14.5 Å². The molecule has 8 nitrogen and oxygen atoms in total. The van der Waals surface area contributed by atoms with Crippen LogP contribution in [-0.2, 0) is 16.6 Å². The third-order valence-electron chi connectivity index (χ3n) is 3.90. The van der Waals surface area contributed by atoms with E-state index in [1.807, 2.05) is 0 Å². The number of nitrogens with one attached hydrogen (secondary N) is 1. The van der Waals surface area contributed by atoms with E-state index in [4.69, 9.17) is 5.14 Å². The van der Waals surface area contributed by atoms with Crippen LogP contribution >= 0.6 is 0 Å². The smallest absolute Gasteiger partial charge is 0.252 e. The molecule has 0 unspecified atom stereocenters. The van der Waals surface area contributed by atoms with Crippen LogP contribution in [0.15, 0.2) is 52.3 Å². The Kier molecular flexibility index (Phi) is 5.01. The monoisotopic (exact) mass is 373 g/mol. The van der Waals surface area contributed by atoms with Crippen LogP contribution in [0, 0.1) is 0 Å². The molecule has 3 aromatic rings. The number of fused-ring (bicyclic) bond motifs is 1. The molecular formula is C17H19N5O3S. The highest BCUT2D eigenvalue weighted by molar-refractivity contribution is 7.89. The first kappa shape index (κ1) is 18.0. The predicted molar refractivity (Wildman–Crippen MR) is 99.8 cm³/mol. The highest BCUT2D eigenvalue weighted by atomic mass is 32.2. The SMILES string of the molecule is CCCCn1c(=O)ccc2cnc(Nc3ccc(S(N)(=O)=O)cc3)nc21. The zero-order valence-electron chi connectivity index (χ0n) is 14.2. The fourth-order valence-electron chi connectivity index (χ4n) is 2.52. The van der Waals surface area contributed by atoms with Crippen molar-refractivity contribution in [2.24, 2.45) is 5.14 Å². The van der Waals surface area contributed by atoms with Gasteiger partial charge in [-0.2, -0.15) is 4.98 Å². The van der Waals surface area contributed by atoms with Gasteiger partial charge in [-0.3, -0.25) is 9.36 Å². The quantitative estimate of drug-likeness (QED) is 0.682. The summed E-state index contributed by atoms with van der Waals surface area (Å²) in [6.07, 6.45) is 3.49. The van der Waals surface area contributed by atoms with Gasteiger partial charge >= 0.3 is 0 Å². The fraction of sp³-hybridized carbons (Fsp3) is 0.235. The number of aromatic nitrogens is 3. The number of hydrogen-bond donors (Lipinski definition) is 2. The molecule has 2 aromatic heterocycles. The number of benzene rings is 1. The van der Waals surface area contributed by atoms with Gasteiger partial charge in [0.25, 0.3) is 5.56 Å². The van der Waals surface area contributed by atoms with Crippen LogP contribution in [0.2, 0.25) is 0 Å². The first-order chi connectivity index (χ1) is 12.4. The van der Waals surface area contributed by atoms with Crippen LogP contribution in [0.1, 0.15) is 19.8 Å². The number of primary sulfonamides is 1. The third kappa shape index (κ3) is 3.89. The maximum atomic E-state index is 12.2. The summed E-state index contributed by atoms with van der Waals surface area (Å²) < 4.78 is 24.2.